The van der Waals surface area contributed by atoms with Crippen molar-refractivity contribution < 1.29 is 13.2 Å². The van der Waals surface area contributed by atoms with Crippen LogP contribution in [0.5, 0.6) is 0 Å². The molecule has 3 N–H and O–H groups in total. The Labute approximate surface area is 146 Å². The highest BCUT2D eigenvalue weighted by Gasteiger charge is 2.20. The molecule has 7 heteroatoms. The molecule has 0 aromatic heterocycles. The molecule has 0 aliphatic heterocycles. The summed E-state index contributed by atoms with van der Waals surface area (Å²) < 4.78 is 24.8. The molecule has 1 amide bonds. The fourth-order valence-electron chi connectivity index (χ4n) is 2.08. The maximum Gasteiger partial charge on any atom is 0.241 e. The average Bonchev–Trinajstić information content (AvgIpc) is 2.60. The Morgan fingerprint density at radius 3 is 2.54 bits per heavy atom. The minimum absolute atomic E-state index is 0.0600. The van der Waals surface area contributed by atoms with Crippen LogP contribution in [0.1, 0.15) is 6.42 Å². The molecule has 0 saturated heterocycles. The molecule has 0 aliphatic carbocycles. The van der Waals surface area contributed by atoms with Crippen LogP contribution in [0.2, 0.25) is 0 Å². The van der Waals surface area contributed by atoms with E-state index in [1.165, 1.54) is 11.8 Å². The molecule has 0 radical (unpaired) electrons. The maximum absolute atomic E-state index is 12.4. The van der Waals surface area contributed by atoms with E-state index < -0.39 is 21.8 Å². The first-order valence-corrected chi connectivity index (χ1v) is 10.3. The van der Waals surface area contributed by atoms with Crippen molar-refractivity contribution in [3.05, 3.63) is 54.6 Å². The van der Waals surface area contributed by atoms with Gasteiger partial charge >= 0.3 is 0 Å². The van der Waals surface area contributed by atoms with Crippen molar-refractivity contribution in [1.29, 1.82) is 0 Å². The predicted octanol–water partition coefficient (Wildman–Crippen LogP) is 2.54. The van der Waals surface area contributed by atoms with E-state index in [1.54, 1.807) is 42.5 Å². The zero-order valence-electron chi connectivity index (χ0n) is 13.3. The van der Waals surface area contributed by atoms with Gasteiger partial charge in [-0.25, -0.2) is 8.42 Å². The molecule has 24 heavy (non-hydrogen) atoms. The Morgan fingerprint density at radius 1 is 1.17 bits per heavy atom. The summed E-state index contributed by atoms with van der Waals surface area (Å²) in [7, 11) is -3.47. The van der Waals surface area contributed by atoms with Crippen LogP contribution in [-0.2, 0) is 14.6 Å². The van der Waals surface area contributed by atoms with Crippen molar-refractivity contribution in [3.8, 4) is 0 Å². The van der Waals surface area contributed by atoms with E-state index in [9.17, 15) is 13.2 Å². The third kappa shape index (κ3) is 5.09. The third-order valence-electron chi connectivity index (χ3n) is 3.48. The number of rotatable bonds is 7. The zero-order valence-corrected chi connectivity index (χ0v) is 14.9. The topological polar surface area (TPSA) is 89.3 Å². The highest BCUT2D eigenvalue weighted by molar-refractivity contribution is 7.98. The standard InChI is InChI=1S/C17H20N2O3S2/c1-23-14-8-5-9-15(12-14)24(21,22)11-10-16(18)17(20)19-13-6-3-2-4-7-13/h2-9,12,16H,10-11,18H2,1H3,(H,19,20). The number of amides is 1. The van der Waals surface area contributed by atoms with E-state index in [4.69, 9.17) is 5.73 Å². The van der Waals surface area contributed by atoms with E-state index in [1.807, 2.05) is 18.4 Å². The number of anilines is 1. The zero-order chi connectivity index (χ0) is 17.6. The molecule has 2 aromatic carbocycles. The van der Waals surface area contributed by atoms with Gasteiger partial charge in [-0.05, 0) is 43.0 Å². The summed E-state index contributed by atoms with van der Waals surface area (Å²) in [6.07, 6.45) is 1.94. The van der Waals surface area contributed by atoms with E-state index in [-0.39, 0.29) is 17.1 Å². The largest absolute Gasteiger partial charge is 0.325 e. The van der Waals surface area contributed by atoms with Gasteiger partial charge in [0.05, 0.1) is 16.7 Å². The number of hydrogen-bond donors (Lipinski definition) is 2. The van der Waals surface area contributed by atoms with Gasteiger partial charge in [0, 0.05) is 10.6 Å². The van der Waals surface area contributed by atoms with E-state index in [0.29, 0.717) is 5.69 Å². The quantitative estimate of drug-likeness (QED) is 0.737. The Bertz CT molecular complexity index is 792. The number of thioether (sulfide) groups is 1. The molecular formula is C17H20N2O3S2. The normalized spacial score (nSPS) is 12.6. The minimum Gasteiger partial charge on any atom is -0.325 e. The Kier molecular flexibility index (Phi) is 6.42. The first-order valence-electron chi connectivity index (χ1n) is 7.40. The third-order valence-corrected chi connectivity index (χ3v) is 5.95. The van der Waals surface area contributed by atoms with Crippen molar-refractivity contribution >= 4 is 33.2 Å². The van der Waals surface area contributed by atoms with Crippen LogP contribution in [0, 0.1) is 0 Å². The Hall–Kier alpha value is -1.83. The van der Waals surface area contributed by atoms with Crippen LogP contribution >= 0.6 is 11.8 Å². The predicted molar refractivity (Wildman–Crippen MR) is 97.9 cm³/mol. The number of para-hydroxylation sites is 1. The van der Waals surface area contributed by atoms with Crippen molar-refractivity contribution in [2.45, 2.75) is 22.3 Å². The number of nitrogens with two attached hydrogens (primary N) is 1. The summed E-state index contributed by atoms with van der Waals surface area (Å²) in [5, 5.41) is 2.67. The molecular weight excluding hydrogens is 344 g/mol. The summed E-state index contributed by atoms with van der Waals surface area (Å²) >= 11 is 1.48. The lowest BCUT2D eigenvalue weighted by Gasteiger charge is -2.12. The smallest absolute Gasteiger partial charge is 0.241 e. The average molecular weight is 364 g/mol. The van der Waals surface area contributed by atoms with Crippen LogP contribution in [0.15, 0.2) is 64.4 Å². The molecule has 0 spiro atoms. The van der Waals surface area contributed by atoms with E-state index in [0.717, 1.165) is 4.90 Å². The molecule has 2 rings (SSSR count). The monoisotopic (exact) mass is 364 g/mol. The van der Waals surface area contributed by atoms with Gasteiger partial charge in [-0.15, -0.1) is 11.8 Å². The van der Waals surface area contributed by atoms with Gasteiger partial charge in [-0.3, -0.25) is 4.79 Å². The van der Waals surface area contributed by atoms with Crippen molar-refractivity contribution in [3.63, 3.8) is 0 Å². The molecule has 128 valence electrons. The summed E-state index contributed by atoms with van der Waals surface area (Å²) in [6.45, 7) is 0. The minimum atomic E-state index is -3.47. The number of carbonyl (C=O) groups is 1. The van der Waals surface area contributed by atoms with Gasteiger partial charge in [0.2, 0.25) is 5.91 Å². The molecule has 0 aliphatic rings. The molecule has 5 nitrogen and oxygen atoms in total. The van der Waals surface area contributed by atoms with E-state index in [2.05, 4.69) is 5.32 Å². The van der Waals surface area contributed by atoms with Gasteiger partial charge in [-0.2, -0.15) is 0 Å². The van der Waals surface area contributed by atoms with Gasteiger partial charge in [-0.1, -0.05) is 24.3 Å². The summed E-state index contributed by atoms with van der Waals surface area (Å²) in [5.74, 6) is -0.567. The molecule has 0 saturated carbocycles. The summed E-state index contributed by atoms with van der Waals surface area (Å²) in [5.41, 5.74) is 6.46. The van der Waals surface area contributed by atoms with Crippen LogP contribution in [0.4, 0.5) is 5.69 Å². The van der Waals surface area contributed by atoms with Crippen molar-refractivity contribution in [2.75, 3.05) is 17.3 Å². The lowest BCUT2D eigenvalue weighted by atomic mass is 10.2. The van der Waals surface area contributed by atoms with Crippen LogP contribution in [0.3, 0.4) is 0 Å². The number of benzene rings is 2. The highest BCUT2D eigenvalue weighted by atomic mass is 32.2. The van der Waals surface area contributed by atoms with Crippen LogP contribution in [-0.4, -0.2) is 32.4 Å². The second-order valence-corrected chi connectivity index (χ2v) is 8.24. The lowest BCUT2D eigenvalue weighted by molar-refractivity contribution is -0.117. The van der Waals surface area contributed by atoms with Gasteiger partial charge in [0.25, 0.3) is 0 Å². The van der Waals surface area contributed by atoms with Crippen molar-refractivity contribution in [2.24, 2.45) is 5.73 Å². The fraction of sp³-hybridized carbons (Fsp3) is 0.235. The molecule has 0 heterocycles. The second kappa shape index (κ2) is 8.32. The van der Waals surface area contributed by atoms with Crippen LogP contribution in [0.25, 0.3) is 0 Å². The lowest BCUT2D eigenvalue weighted by Crippen LogP contribution is -2.37. The number of carbonyl (C=O) groups excluding carboxylic acids is 1. The number of hydrogen-bond acceptors (Lipinski definition) is 5. The van der Waals surface area contributed by atoms with Crippen molar-refractivity contribution in [1.82, 2.24) is 0 Å². The molecule has 0 bridgehead atoms. The summed E-state index contributed by atoms with van der Waals surface area (Å²) in [4.78, 5) is 13.2. The van der Waals surface area contributed by atoms with Gasteiger partial charge < -0.3 is 11.1 Å². The van der Waals surface area contributed by atoms with Gasteiger partial charge in [0.1, 0.15) is 0 Å². The second-order valence-electron chi connectivity index (χ2n) is 5.25. The Morgan fingerprint density at radius 2 is 1.88 bits per heavy atom. The molecule has 0 fully saturated rings. The molecule has 1 unspecified atom stereocenters. The fourth-order valence-corrected chi connectivity index (χ4v) is 4.01. The molecule has 2 aromatic rings. The maximum atomic E-state index is 12.4. The number of nitrogens with one attached hydrogen (secondary N) is 1. The van der Waals surface area contributed by atoms with E-state index >= 15 is 0 Å². The highest BCUT2D eigenvalue weighted by Crippen LogP contribution is 2.20. The Balaban J connectivity index is 1.96. The van der Waals surface area contributed by atoms with Gasteiger partial charge in [0.15, 0.2) is 9.84 Å². The summed E-state index contributed by atoms with van der Waals surface area (Å²) in [6, 6.07) is 14.8. The molecule has 1 atom stereocenters. The first-order chi connectivity index (χ1) is 11.4. The first kappa shape index (κ1) is 18.5. The number of sulfone groups is 1. The SMILES string of the molecule is CSc1cccc(S(=O)(=O)CCC(N)C(=O)Nc2ccccc2)c1. The van der Waals surface area contributed by atoms with Crippen LogP contribution < -0.4 is 11.1 Å².